The van der Waals surface area contributed by atoms with Crippen molar-refractivity contribution >= 4 is 5.91 Å². The van der Waals surface area contributed by atoms with Gasteiger partial charge in [0.05, 0.1) is 25.4 Å². The van der Waals surface area contributed by atoms with E-state index in [1.54, 1.807) is 6.08 Å². The van der Waals surface area contributed by atoms with E-state index < -0.39 is 49.5 Å². The Morgan fingerprint density at radius 3 is 1.09 bits per heavy atom. The van der Waals surface area contributed by atoms with Gasteiger partial charge in [-0.2, -0.15) is 0 Å². The molecule has 1 aliphatic heterocycles. The van der Waals surface area contributed by atoms with Gasteiger partial charge in [-0.15, -0.1) is 0 Å². The Morgan fingerprint density at radius 2 is 0.740 bits per heavy atom. The first-order valence-electron chi connectivity index (χ1n) is 33.7. The molecule has 0 aromatic heterocycles. The highest BCUT2D eigenvalue weighted by molar-refractivity contribution is 5.76. The first-order valence-corrected chi connectivity index (χ1v) is 33.7. The molecule has 1 amide bonds. The minimum absolute atomic E-state index is 0.180. The second-order valence-electron chi connectivity index (χ2n) is 23.6. The smallest absolute Gasteiger partial charge is 0.220 e. The lowest BCUT2D eigenvalue weighted by atomic mass is 9.99. The minimum Gasteiger partial charge on any atom is -0.394 e. The predicted molar refractivity (Wildman–Crippen MR) is 327 cm³/mol. The summed E-state index contributed by atoms with van der Waals surface area (Å²) in [5, 5.41) is 54.6. The molecule has 9 nitrogen and oxygen atoms in total. The van der Waals surface area contributed by atoms with E-state index >= 15 is 0 Å². The van der Waals surface area contributed by atoms with Crippen LogP contribution >= 0.6 is 0 Å². The van der Waals surface area contributed by atoms with Crippen molar-refractivity contribution < 1.29 is 39.8 Å². The Morgan fingerprint density at radius 1 is 0.429 bits per heavy atom. The topological polar surface area (TPSA) is 149 Å². The zero-order chi connectivity index (χ0) is 55.8. The van der Waals surface area contributed by atoms with Gasteiger partial charge in [0, 0.05) is 6.42 Å². The van der Waals surface area contributed by atoms with Gasteiger partial charge in [-0.05, 0) is 57.8 Å². The summed E-state index contributed by atoms with van der Waals surface area (Å²) in [6.07, 6.45) is 69.7. The number of nitrogens with one attached hydrogen (secondary N) is 1. The molecule has 0 aromatic carbocycles. The van der Waals surface area contributed by atoms with Crippen LogP contribution in [0.25, 0.3) is 0 Å². The van der Waals surface area contributed by atoms with Crippen LogP contribution in [0.2, 0.25) is 0 Å². The van der Waals surface area contributed by atoms with Crippen LogP contribution in [0.1, 0.15) is 335 Å². The lowest BCUT2D eigenvalue weighted by Gasteiger charge is -2.40. The fourth-order valence-electron chi connectivity index (χ4n) is 10.9. The second kappa shape index (κ2) is 57.6. The van der Waals surface area contributed by atoms with Crippen LogP contribution in [0, 0.1) is 0 Å². The monoisotopic (exact) mass is 1090 g/mol. The number of allylic oxidation sites excluding steroid dienone is 5. The van der Waals surface area contributed by atoms with E-state index in [-0.39, 0.29) is 12.5 Å². The Kier molecular flexibility index (Phi) is 55.0. The normalized spacial score (nSPS) is 18.9. The molecule has 0 radical (unpaired) electrons. The van der Waals surface area contributed by atoms with Crippen molar-refractivity contribution in [3.05, 3.63) is 36.5 Å². The van der Waals surface area contributed by atoms with Crippen molar-refractivity contribution in [3.63, 3.8) is 0 Å². The lowest BCUT2D eigenvalue weighted by Crippen LogP contribution is -2.60. The third kappa shape index (κ3) is 46.7. The van der Waals surface area contributed by atoms with E-state index in [0.29, 0.717) is 6.42 Å². The van der Waals surface area contributed by atoms with Crippen LogP contribution in [-0.2, 0) is 14.3 Å². The molecule has 0 saturated carbocycles. The van der Waals surface area contributed by atoms with Gasteiger partial charge < -0.3 is 40.3 Å². The molecule has 7 atom stereocenters. The van der Waals surface area contributed by atoms with Crippen molar-refractivity contribution in [3.8, 4) is 0 Å². The van der Waals surface area contributed by atoms with E-state index in [1.807, 2.05) is 6.08 Å². The molecule has 454 valence electrons. The third-order valence-corrected chi connectivity index (χ3v) is 16.2. The Labute approximate surface area is 476 Å². The number of aliphatic hydroxyl groups excluding tert-OH is 5. The van der Waals surface area contributed by atoms with Gasteiger partial charge in [0.2, 0.25) is 5.91 Å². The summed E-state index contributed by atoms with van der Waals surface area (Å²) >= 11 is 0. The number of carbonyl (C=O) groups is 1. The average Bonchev–Trinajstić information content (AvgIpc) is 3.43. The molecule has 7 unspecified atom stereocenters. The highest BCUT2D eigenvalue weighted by atomic mass is 16.7. The second-order valence-corrected chi connectivity index (χ2v) is 23.6. The van der Waals surface area contributed by atoms with E-state index in [4.69, 9.17) is 9.47 Å². The number of aliphatic hydroxyl groups is 5. The Balaban J connectivity index is 2.13. The fraction of sp³-hybridized carbons (Fsp3) is 0.897. The largest absolute Gasteiger partial charge is 0.394 e. The molecule has 1 fully saturated rings. The molecule has 0 aromatic rings. The third-order valence-electron chi connectivity index (χ3n) is 16.2. The highest BCUT2D eigenvalue weighted by Gasteiger charge is 2.44. The molecule has 6 N–H and O–H groups in total. The van der Waals surface area contributed by atoms with Gasteiger partial charge in [0.15, 0.2) is 6.29 Å². The summed E-state index contributed by atoms with van der Waals surface area (Å²) in [5.41, 5.74) is 0. The van der Waals surface area contributed by atoms with Gasteiger partial charge in [0.25, 0.3) is 0 Å². The van der Waals surface area contributed by atoms with E-state index in [2.05, 4.69) is 43.5 Å². The van der Waals surface area contributed by atoms with Crippen LogP contribution in [-0.4, -0.2) is 87.5 Å². The first kappa shape index (κ1) is 73.4. The van der Waals surface area contributed by atoms with E-state index in [0.717, 1.165) is 38.5 Å². The molecule has 9 heteroatoms. The van der Waals surface area contributed by atoms with Crippen LogP contribution in [0.15, 0.2) is 36.5 Å². The zero-order valence-electron chi connectivity index (χ0n) is 50.7. The maximum Gasteiger partial charge on any atom is 0.220 e. The molecule has 1 saturated heterocycles. The summed E-state index contributed by atoms with van der Waals surface area (Å²) in [6, 6.07) is -0.821. The zero-order valence-corrected chi connectivity index (χ0v) is 50.7. The Bertz CT molecular complexity index is 1310. The van der Waals surface area contributed by atoms with E-state index in [9.17, 15) is 30.3 Å². The van der Waals surface area contributed by atoms with Crippen molar-refractivity contribution in [2.45, 2.75) is 378 Å². The molecule has 1 aliphatic rings. The standard InChI is InChI=1S/C68H129NO8/c1-3-5-7-9-11-13-15-17-19-21-23-25-26-27-28-29-30-31-32-33-34-35-36-38-40-42-44-46-48-50-52-54-56-58-64(72)69-61(60-76-68-67(75)66(74)65(73)63(59-70)77-68)62(71)57-55-53-51-49-47-45-43-41-39-37-24-22-20-18-16-14-12-10-8-6-4-2/h21,23,47,49,55,57,61-63,65-68,70-71,73-75H,3-20,22,24-46,48,50-54,56,58-60H2,1-2H3,(H,69,72)/b23-21-,49-47+,57-55+. The quantitative estimate of drug-likeness (QED) is 0.0261. The van der Waals surface area contributed by atoms with Crippen LogP contribution in [0.5, 0.6) is 0 Å². The highest BCUT2D eigenvalue weighted by Crippen LogP contribution is 2.23. The summed E-state index contributed by atoms with van der Waals surface area (Å²) in [4.78, 5) is 13.1. The number of unbranched alkanes of at least 4 members (excludes halogenated alkanes) is 45. The number of hydrogen-bond acceptors (Lipinski definition) is 8. The minimum atomic E-state index is -1.57. The molecule has 1 rings (SSSR count). The summed E-state index contributed by atoms with van der Waals surface area (Å²) in [6.45, 7) is 3.81. The van der Waals surface area contributed by atoms with Gasteiger partial charge in [-0.25, -0.2) is 0 Å². The van der Waals surface area contributed by atoms with E-state index in [1.165, 1.54) is 276 Å². The number of amides is 1. The molecule has 0 spiro atoms. The molecule has 0 aliphatic carbocycles. The number of rotatable bonds is 59. The van der Waals surface area contributed by atoms with Crippen molar-refractivity contribution in [2.24, 2.45) is 0 Å². The molecule has 1 heterocycles. The fourth-order valence-corrected chi connectivity index (χ4v) is 10.9. The number of ether oxygens (including phenoxy) is 2. The average molecular weight is 1090 g/mol. The first-order chi connectivity index (χ1) is 37.8. The van der Waals surface area contributed by atoms with Gasteiger partial charge in [-0.1, -0.05) is 307 Å². The van der Waals surface area contributed by atoms with Gasteiger partial charge in [0.1, 0.15) is 24.4 Å². The van der Waals surface area contributed by atoms with Crippen LogP contribution in [0.3, 0.4) is 0 Å². The molecule has 77 heavy (non-hydrogen) atoms. The van der Waals surface area contributed by atoms with Crippen LogP contribution in [0.4, 0.5) is 0 Å². The summed E-state index contributed by atoms with van der Waals surface area (Å²) < 4.78 is 11.3. The van der Waals surface area contributed by atoms with Crippen molar-refractivity contribution in [1.82, 2.24) is 5.32 Å². The SMILES string of the molecule is CCCCCCCCCC/C=C\CCCCCCCCCCCCCCCCCCCCCCCC(=O)NC(COC1OC(CO)C(O)C(O)C1O)C(O)/C=C/CC/C=C/CCCCCCCCCCCCCCCCC. The number of hydrogen-bond donors (Lipinski definition) is 6. The predicted octanol–water partition coefficient (Wildman–Crippen LogP) is 17.9. The van der Waals surface area contributed by atoms with Crippen molar-refractivity contribution in [1.29, 1.82) is 0 Å². The summed E-state index contributed by atoms with van der Waals surface area (Å²) in [5.74, 6) is -0.180. The molecular formula is C68H129NO8. The summed E-state index contributed by atoms with van der Waals surface area (Å²) in [7, 11) is 0. The maximum atomic E-state index is 13.1. The lowest BCUT2D eigenvalue weighted by molar-refractivity contribution is -0.302. The molecular weight excluding hydrogens is 959 g/mol. The van der Waals surface area contributed by atoms with Gasteiger partial charge in [-0.3, -0.25) is 4.79 Å². The maximum absolute atomic E-state index is 13.1. The Hall–Kier alpha value is -1.59. The molecule has 0 bridgehead atoms. The van der Waals surface area contributed by atoms with Gasteiger partial charge >= 0.3 is 0 Å². The van der Waals surface area contributed by atoms with Crippen LogP contribution < -0.4 is 5.32 Å². The van der Waals surface area contributed by atoms with Crippen molar-refractivity contribution in [2.75, 3.05) is 13.2 Å². The number of carbonyl (C=O) groups excluding carboxylic acids is 1.